The molecule has 0 N–H and O–H groups in total. The Hall–Kier alpha value is -1.72. The average molecular weight is 320 g/mol. The number of rotatable bonds is 4. The van der Waals surface area contributed by atoms with Gasteiger partial charge in [0.2, 0.25) is 0 Å². The topological polar surface area (TPSA) is 47.8 Å². The van der Waals surface area contributed by atoms with Gasteiger partial charge in [0.25, 0.3) is 5.56 Å². The zero-order valence-corrected chi connectivity index (χ0v) is 13.1. The monoisotopic (exact) mass is 319 g/mol. The molecule has 1 aromatic carbocycles. The minimum absolute atomic E-state index is 0.0527. The minimum atomic E-state index is -0.282. The van der Waals surface area contributed by atoms with Crippen LogP contribution in [0.25, 0.3) is 10.9 Å². The smallest absolute Gasteiger partial charge is 0.261 e. The van der Waals surface area contributed by atoms with Crippen LogP contribution in [0.2, 0.25) is 0 Å². The highest BCUT2D eigenvalue weighted by atomic mass is 35.5. The summed E-state index contributed by atoms with van der Waals surface area (Å²) in [7, 11) is 0. The summed E-state index contributed by atoms with van der Waals surface area (Å²) < 4.78 is 1.66. The number of alkyl halides is 1. The van der Waals surface area contributed by atoms with E-state index in [1.165, 1.54) is 11.3 Å². The van der Waals surface area contributed by atoms with Crippen LogP contribution in [0.4, 0.5) is 0 Å². The van der Waals surface area contributed by atoms with Gasteiger partial charge < -0.3 is 0 Å². The number of fused-ring (bicyclic) bond motifs is 1. The molecule has 0 fully saturated rings. The Labute approximate surface area is 131 Å². The van der Waals surface area contributed by atoms with E-state index in [9.17, 15) is 4.79 Å². The Bertz CT molecular complexity index is 813. The van der Waals surface area contributed by atoms with Crippen molar-refractivity contribution in [3.05, 3.63) is 57.0 Å². The van der Waals surface area contributed by atoms with Crippen LogP contribution in [0, 0.1) is 0 Å². The highest BCUT2D eigenvalue weighted by molar-refractivity contribution is 7.09. The van der Waals surface area contributed by atoms with E-state index in [2.05, 4.69) is 9.97 Å². The summed E-state index contributed by atoms with van der Waals surface area (Å²) in [6, 6.07) is 7.37. The van der Waals surface area contributed by atoms with Gasteiger partial charge in [-0.1, -0.05) is 19.1 Å². The second-order valence-electron chi connectivity index (χ2n) is 4.72. The lowest BCUT2D eigenvalue weighted by atomic mass is 10.2. The lowest BCUT2D eigenvalue weighted by molar-refractivity contribution is 0.658. The first kappa shape index (κ1) is 14.2. The van der Waals surface area contributed by atoms with Crippen molar-refractivity contribution in [3.8, 4) is 0 Å². The molecule has 0 saturated carbocycles. The van der Waals surface area contributed by atoms with Gasteiger partial charge >= 0.3 is 0 Å². The van der Waals surface area contributed by atoms with Gasteiger partial charge in [0.1, 0.15) is 5.82 Å². The maximum atomic E-state index is 12.7. The van der Waals surface area contributed by atoms with E-state index < -0.39 is 0 Å². The average Bonchev–Trinajstić information content (AvgIpc) is 3.02. The zero-order valence-electron chi connectivity index (χ0n) is 11.5. The summed E-state index contributed by atoms with van der Waals surface area (Å²) in [5.74, 6) is 0.622. The Balaban J connectivity index is 2.23. The van der Waals surface area contributed by atoms with Gasteiger partial charge in [-0.25, -0.2) is 4.98 Å². The van der Waals surface area contributed by atoms with Gasteiger partial charge in [-0.3, -0.25) is 14.3 Å². The van der Waals surface area contributed by atoms with E-state index in [4.69, 9.17) is 11.6 Å². The molecule has 1 unspecified atom stereocenters. The molecule has 1 atom stereocenters. The second-order valence-corrected chi connectivity index (χ2v) is 6.22. The fraction of sp³-hybridized carbons (Fsp3) is 0.267. The summed E-state index contributed by atoms with van der Waals surface area (Å²) in [5.41, 5.74) is 2.40. The second kappa shape index (κ2) is 5.95. The molecule has 0 spiro atoms. The number of para-hydroxylation sites is 1. The first-order chi connectivity index (χ1) is 10.2. The molecule has 6 heteroatoms. The highest BCUT2D eigenvalue weighted by Gasteiger charge is 2.17. The lowest BCUT2D eigenvalue weighted by Gasteiger charge is -2.15. The maximum Gasteiger partial charge on any atom is 0.261 e. The van der Waals surface area contributed by atoms with Gasteiger partial charge in [-0.05, 0) is 18.6 Å². The Morgan fingerprint density at radius 2 is 2.19 bits per heavy atom. The highest BCUT2D eigenvalue weighted by Crippen LogP contribution is 2.23. The first-order valence-electron chi connectivity index (χ1n) is 6.71. The molecule has 21 heavy (non-hydrogen) atoms. The van der Waals surface area contributed by atoms with E-state index in [0.717, 1.165) is 11.3 Å². The molecule has 0 aliphatic rings. The SMILES string of the molecule is CCC(Cl)c1nc2ccccc2c(=O)n1Cc1cncs1. The van der Waals surface area contributed by atoms with E-state index in [1.807, 2.05) is 25.1 Å². The lowest BCUT2D eigenvalue weighted by Crippen LogP contribution is -2.26. The Morgan fingerprint density at radius 1 is 1.38 bits per heavy atom. The molecule has 0 bridgehead atoms. The van der Waals surface area contributed by atoms with E-state index in [1.54, 1.807) is 22.3 Å². The van der Waals surface area contributed by atoms with Gasteiger partial charge in [-0.15, -0.1) is 22.9 Å². The summed E-state index contributed by atoms with van der Waals surface area (Å²) in [6.45, 7) is 2.44. The molecular formula is C15H14ClN3OS. The number of benzene rings is 1. The predicted molar refractivity (Wildman–Crippen MR) is 86.1 cm³/mol. The van der Waals surface area contributed by atoms with Gasteiger partial charge in [0.15, 0.2) is 0 Å². The molecule has 2 heterocycles. The van der Waals surface area contributed by atoms with Crippen LogP contribution >= 0.6 is 22.9 Å². The van der Waals surface area contributed by atoms with Gasteiger partial charge in [-0.2, -0.15) is 0 Å². The van der Waals surface area contributed by atoms with Crippen molar-refractivity contribution < 1.29 is 0 Å². The molecule has 2 aromatic heterocycles. The zero-order chi connectivity index (χ0) is 14.8. The third kappa shape index (κ3) is 2.71. The summed E-state index contributed by atoms with van der Waals surface area (Å²) in [4.78, 5) is 22.4. The number of nitrogens with zero attached hydrogens (tertiary/aromatic N) is 3. The van der Waals surface area contributed by atoms with E-state index in [0.29, 0.717) is 23.3 Å². The van der Waals surface area contributed by atoms with Crippen LogP contribution in [0.1, 0.15) is 29.4 Å². The van der Waals surface area contributed by atoms with Crippen molar-refractivity contribution >= 4 is 33.8 Å². The maximum absolute atomic E-state index is 12.7. The number of hydrogen-bond donors (Lipinski definition) is 0. The van der Waals surface area contributed by atoms with Crippen molar-refractivity contribution in [3.63, 3.8) is 0 Å². The Kier molecular flexibility index (Phi) is 4.03. The largest absolute Gasteiger partial charge is 0.289 e. The fourth-order valence-electron chi connectivity index (χ4n) is 2.24. The van der Waals surface area contributed by atoms with Crippen molar-refractivity contribution in [2.45, 2.75) is 25.3 Å². The number of aromatic nitrogens is 3. The quantitative estimate of drug-likeness (QED) is 0.690. The van der Waals surface area contributed by atoms with Crippen LogP contribution in [0.15, 0.2) is 40.8 Å². The molecule has 0 amide bonds. The number of halogens is 1. The van der Waals surface area contributed by atoms with Crippen LogP contribution in [-0.4, -0.2) is 14.5 Å². The van der Waals surface area contributed by atoms with Gasteiger partial charge in [0, 0.05) is 11.1 Å². The van der Waals surface area contributed by atoms with Crippen molar-refractivity contribution in [1.82, 2.24) is 14.5 Å². The van der Waals surface area contributed by atoms with Crippen LogP contribution in [0.3, 0.4) is 0 Å². The molecular weight excluding hydrogens is 306 g/mol. The van der Waals surface area contributed by atoms with E-state index >= 15 is 0 Å². The Morgan fingerprint density at radius 3 is 2.90 bits per heavy atom. The van der Waals surface area contributed by atoms with Crippen LogP contribution in [0.5, 0.6) is 0 Å². The number of thiazole rings is 1. The standard InChI is InChI=1S/C15H14ClN3OS/c1-2-12(16)14-18-13-6-4-3-5-11(13)15(20)19(14)8-10-7-17-9-21-10/h3-7,9,12H,2,8H2,1H3. The summed E-state index contributed by atoms with van der Waals surface area (Å²) >= 11 is 7.89. The number of hydrogen-bond acceptors (Lipinski definition) is 4. The summed E-state index contributed by atoms with van der Waals surface area (Å²) in [5, 5.41) is 0.334. The van der Waals surface area contributed by atoms with Crippen molar-refractivity contribution in [1.29, 1.82) is 0 Å². The predicted octanol–water partition coefficient (Wildman–Crippen LogP) is 3.59. The van der Waals surface area contributed by atoms with E-state index in [-0.39, 0.29) is 10.9 Å². The molecule has 0 saturated heterocycles. The van der Waals surface area contributed by atoms with Crippen molar-refractivity contribution in [2.24, 2.45) is 0 Å². The van der Waals surface area contributed by atoms with Crippen LogP contribution < -0.4 is 5.56 Å². The fourth-order valence-corrected chi connectivity index (χ4v) is 2.98. The normalized spacial score (nSPS) is 12.7. The third-order valence-corrected chi connectivity index (χ3v) is 4.60. The summed E-state index contributed by atoms with van der Waals surface area (Å²) in [6.07, 6.45) is 2.49. The molecule has 4 nitrogen and oxygen atoms in total. The molecule has 108 valence electrons. The first-order valence-corrected chi connectivity index (χ1v) is 8.03. The molecule has 0 aliphatic heterocycles. The molecule has 3 rings (SSSR count). The van der Waals surface area contributed by atoms with Gasteiger partial charge in [0.05, 0.1) is 28.3 Å². The molecule has 3 aromatic rings. The van der Waals surface area contributed by atoms with Crippen molar-refractivity contribution in [2.75, 3.05) is 0 Å². The minimum Gasteiger partial charge on any atom is -0.289 e. The molecule has 0 radical (unpaired) electrons. The third-order valence-electron chi connectivity index (χ3n) is 3.33. The molecule has 0 aliphatic carbocycles. The van der Waals surface area contributed by atoms with Crippen LogP contribution in [-0.2, 0) is 6.54 Å².